The molecule has 0 atom stereocenters. The Morgan fingerprint density at radius 3 is 1.00 bits per heavy atom. The molecule has 0 aromatic rings. The summed E-state index contributed by atoms with van der Waals surface area (Å²) in [6, 6.07) is 0. The van der Waals surface area contributed by atoms with Crippen LogP contribution in [0.5, 0.6) is 0 Å². The Bertz CT molecular complexity index is 8.00. The van der Waals surface area contributed by atoms with Gasteiger partial charge in [-0.15, -0.1) is 0 Å². The van der Waals surface area contributed by atoms with Crippen LogP contribution < -0.4 is 0 Å². The van der Waals surface area contributed by atoms with Crippen molar-refractivity contribution in [2.75, 3.05) is 0 Å². The number of hydrogen-bond acceptors (Lipinski definition) is 0. The molecular weight excluding hydrogens is 444 g/mol. The number of rotatable bonds is 0. The maximum atomic E-state index is 2.34. The van der Waals surface area contributed by atoms with Gasteiger partial charge in [0, 0.05) is 0 Å². The minimum absolute atomic E-state index is 0.597. The van der Waals surface area contributed by atoms with Gasteiger partial charge in [-0.3, -0.25) is 0 Å². The van der Waals surface area contributed by atoms with Gasteiger partial charge in [0.05, 0.1) is 0 Å². The first kappa shape index (κ1) is 6.71. The van der Waals surface area contributed by atoms with E-state index in [-0.39, 0.29) is 0 Å². The van der Waals surface area contributed by atoms with Crippen LogP contribution in [-0.2, 0) is 4.15 Å². The molecule has 0 saturated heterocycles. The molecule has 0 radical (unpaired) electrons. The zero-order chi connectivity index (χ0) is 3.58. The summed E-state index contributed by atoms with van der Waals surface area (Å²) in [5.74, 6) is 0. The molecule has 0 heterocycles. The molecule has 4 heavy (non-hydrogen) atoms. The van der Waals surface area contributed by atoms with Crippen molar-refractivity contribution in [3.8, 4) is 0 Å². The average molecular weight is 444 g/mol. The molecular formula is CuI3-. The number of halogens is 3. The predicted octanol–water partition coefficient (Wildman–Crippen LogP) is 2.65. The van der Waals surface area contributed by atoms with Crippen LogP contribution in [0.4, 0.5) is 0 Å². The normalized spacial score (nSPS) is 11.2. The standard InChI is InChI=1S/Cu.3HI/h;3*1H/q+2;;;/p-3. The Balaban J connectivity index is 2.32. The molecule has 0 unspecified atom stereocenters. The molecule has 0 spiro atoms. The Morgan fingerprint density at radius 1 is 1.00 bits per heavy atom. The quantitative estimate of drug-likeness (QED) is 0.398. The summed E-state index contributed by atoms with van der Waals surface area (Å²) in [4.78, 5) is 0. The number of hydrogen-bond donors (Lipinski definition) is 0. The molecule has 0 aliphatic carbocycles. The van der Waals surface area contributed by atoms with E-state index >= 15 is 0 Å². The van der Waals surface area contributed by atoms with E-state index in [1.807, 2.05) is 0 Å². The van der Waals surface area contributed by atoms with Crippen molar-refractivity contribution >= 4 is 61.0 Å². The molecule has 0 fully saturated rings. The second kappa shape index (κ2) is 3.88. The van der Waals surface area contributed by atoms with Crippen LogP contribution in [-0.4, -0.2) is 0 Å². The first-order chi connectivity index (χ1) is 1.73. The van der Waals surface area contributed by atoms with E-state index in [0.717, 1.165) is 0 Å². The fourth-order valence-electron chi connectivity index (χ4n) is 0. The van der Waals surface area contributed by atoms with E-state index in [4.69, 9.17) is 0 Å². The Morgan fingerprint density at radius 2 is 1.00 bits per heavy atom. The molecule has 0 aliphatic rings. The second-order valence-corrected chi connectivity index (χ2v) is 24.0. The van der Waals surface area contributed by atoms with E-state index in [1.165, 1.54) is 0 Å². The van der Waals surface area contributed by atoms with Gasteiger partial charge in [-0.1, -0.05) is 0 Å². The fourth-order valence-corrected chi connectivity index (χ4v) is 0. The molecule has 0 N–H and O–H groups in total. The van der Waals surface area contributed by atoms with Gasteiger partial charge in [-0.25, -0.2) is 0 Å². The Kier molecular flexibility index (Phi) is 6.52. The predicted molar refractivity (Wildman–Crippen MR) is 42.1 cm³/mol. The topological polar surface area (TPSA) is 0 Å². The van der Waals surface area contributed by atoms with Gasteiger partial charge in [-0.2, -0.15) is 0 Å². The van der Waals surface area contributed by atoms with Crippen LogP contribution in [0, 0.1) is 0 Å². The third-order valence-electron chi connectivity index (χ3n) is 0. The third-order valence-corrected chi connectivity index (χ3v) is 0. The molecule has 4 heteroatoms. The van der Waals surface area contributed by atoms with Gasteiger partial charge in [-0.05, 0) is 0 Å². The van der Waals surface area contributed by atoms with Crippen molar-refractivity contribution in [3.05, 3.63) is 0 Å². The summed E-state index contributed by atoms with van der Waals surface area (Å²) in [5.41, 5.74) is 0. The van der Waals surface area contributed by atoms with E-state index in [0.29, 0.717) is 4.15 Å². The zero-order valence-electron chi connectivity index (χ0n) is 1.44. The van der Waals surface area contributed by atoms with Crippen molar-refractivity contribution in [2.24, 2.45) is 0 Å². The second-order valence-electron chi connectivity index (χ2n) is 0.129. The van der Waals surface area contributed by atoms with Crippen LogP contribution in [0.2, 0.25) is 0 Å². The molecule has 0 saturated carbocycles. The summed E-state index contributed by atoms with van der Waals surface area (Å²) in [7, 11) is 0. The van der Waals surface area contributed by atoms with Crippen molar-refractivity contribution in [1.82, 2.24) is 0 Å². The van der Waals surface area contributed by atoms with Gasteiger partial charge >= 0.3 is 65.2 Å². The summed E-state index contributed by atoms with van der Waals surface area (Å²) in [5, 5.41) is 0. The molecule has 0 rings (SSSR count). The van der Waals surface area contributed by atoms with Crippen LogP contribution in [0.15, 0.2) is 0 Å². The Labute approximate surface area is 63.6 Å². The van der Waals surface area contributed by atoms with Crippen molar-refractivity contribution in [3.63, 3.8) is 0 Å². The van der Waals surface area contributed by atoms with Gasteiger partial charge in [0.15, 0.2) is 0 Å². The molecule has 0 bridgehead atoms. The van der Waals surface area contributed by atoms with Crippen LogP contribution in [0.1, 0.15) is 0 Å². The summed E-state index contributed by atoms with van der Waals surface area (Å²) in [6.45, 7) is 0. The minimum atomic E-state index is 0.597. The summed E-state index contributed by atoms with van der Waals surface area (Å²) in [6.07, 6.45) is 0. The van der Waals surface area contributed by atoms with Crippen molar-refractivity contribution in [2.45, 2.75) is 0 Å². The van der Waals surface area contributed by atoms with Crippen molar-refractivity contribution < 1.29 is 4.15 Å². The van der Waals surface area contributed by atoms with Crippen molar-refractivity contribution in [1.29, 1.82) is 0 Å². The van der Waals surface area contributed by atoms with Crippen LogP contribution in [0.25, 0.3) is 0 Å². The third kappa shape index (κ3) is 8.83. The molecule has 0 aliphatic heterocycles. The van der Waals surface area contributed by atoms with Crippen LogP contribution >= 0.6 is 61.0 Å². The zero-order valence-corrected chi connectivity index (χ0v) is 8.85. The monoisotopic (exact) mass is 444 g/mol. The maximum absolute atomic E-state index is 2.34. The van der Waals surface area contributed by atoms with Gasteiger partial charge in [0.1, 0.15) is 0 Å². The molecule has 0 amide bonds. The Hall–Kier alpha value is 2.71. The summed E-state index contributed by atoms with van der Waals surface area (Å²) < 4.78 is 0.597. The van der Waals surface area contributed by atoms with E-state index in [1.54, 1.807) is 0 Å². The van der Waals surface area contributed by atoms with E-state index < -0.39 is 0 Å². The SMILES string of the molecule is [I][Cu-]([I])[I]. The molecule has 33 valence electrons. The first-order valence-electron chi connectivity index (χ1n) is 0.342. The fraction of sp³-hybridized carbons (Fsp3) is 0. The van der Waals surface area contributed by atoms with Gasteiger partial charge in [0.2, 0.25) is 0 Å². The molecule has 0 aromatic carbocycles. The van der Waals surface area contributed by atoms with E-state index in [9.17, 15) is 0 Å². The summed E-state index contributed by atoms with van der Waals surface area (Å²) >= 11 is 7.01. The van der Waals surface area contributed by atoms with Gasteiger partial charge in [0.25, 0.3) is 0 Å². The van der Waals surface area contributed by atoms with Crippen LogP contribution in [0.3, 0.4) is 0 Å². The van der Waals surface area contributed by atoms with Gasteiger partial charge < -0.3 is 0 Å². The van der Waals surface area contributed by atoms with E-state index in [2.05, 4.69) is 61.0 Å². The molecule has 0 nitrogen and oxygen atoms in total. The average Bonchev–Trinajstić information content (AvgIpc) is 0.811. The molecule has 0 aromatic heterocycles. The first-order valence-corrected chi connectivity index (χ1v) is 9.46.